The van der Waals surface area contributed by atoms with Crippen molar-refractivity contribution in [1.82, 2.24) is 0 Å². The molecule has 1 aromatic heterocycles. The Morgan fingerprint density at radius 2 is 2.24 bits per heavy atom. The number of carbonyl (C=O) groups excluding carboxylic acids is 1. The van der Waals surface area contributed by atoms with Crippen molar-refractivity contribution in [3.8, 4) is 5.75 Å². The Balaban J connectivity index is 1.95. The number of carbonyl (C=O) groups is 1. The lowest BCUT2D eigenvalue weighted by atomic mass is 10.2. The number of ether oxygens (including phenoxy) is 2. The maximum atomic E-state index is 12.1. The first-order valence-corrected chi connectivity index (χ1v) is 7.36. The lowest BCUT2D eigenvalue weighted by molar-refractivity contribution is -0.127. The van der Waals surface area contributed by atoms with Gasteiger partial charge < -0.3 is 20.5 Å². The molecule has 1 unspecified atom stereocenters. The molecule has 2 rings (SSSR count). The van der Waals surface area contributed by atoms with E-state index in [0.717, 1.165) is 4.88 Å². The van der Waals surface area contributed by atoms with Gasteiger partial charge in [0.25, 0.3) is 5.91 Å². The van der Waals surface area contributed by atoms with Gasteiger partial charge in [-0.05, 0) is 36.6 Å². The fourth-order valence-electron chi connectivity index (χ4n) is 1.74. The Bertz CT molecular complexity index is 599. The van der Waals surface area contributed by atoms with Crippen LogP contribution >= 0.6 is 11.3 Å². The molecule has 0 aliphatic rings. The fourth-order valence-corrected chi connectivity index (χ4v) is 2.36. The van der Waals surface area contributed by atoms with Gasteiger partial charge in [0.2, 0.25) is 0 Å². The van der Waals surface area contributed by atoms with Crippen LogP contribution in [0.3, 0.4) is 0 Å². The summed E-state index contributed by atoms with van der Waals surface area (Å²) in [6.07, 6.45) is -0.571. The summed E-state index contributed by atoms with van der Waals surface area (Å²) in [4.78, 5) is 13.2. The second kappa shape index (κ2) is 7.10. The molecule has 2 aromatic rings. The van der Waals surface area contributed by atoms with E-state index in [-0.39, 0.29) is 5.91 Å². The second-order valence-electron chi connectivity index (χ2n) is 4.48. The molecule has 112 valence electrons. The van der Waals surface area contributed by atoms with E-state index in [1.807, 2.05) is 17.5 Å². The molecule has 0 fully saturated rings. The van der Waals surface area contributed by atoms with Crippen molar-refractivity contribution >= 4 is 28.6 Å². The molecule has 0 aliphatic carbocycles. The molecule has 3 N–H and O–H groups in total. The number of methoxy groups -OCH3 is 1. The van der Waals surface area contributed by atoms with Crippen LogP contribution in [0.2, 0.25) is 0 Å². The van der Waals surface area contributed by atoms with Gasteiger partial charge >= 0.3 is 0 Å². The summed E-state index contributed by atoms with van der Waals surface area (Å²) >= 11 is 1.60. The van der Waals surface area contributed by atoms with Crippen molar-refractivity contribution < 1.29 is 14.3 Å². The van der Waals surface area contributed by atoms with Gasteiger partial charge in [0, 0.05) is 10.6 Å². The van der Waals surface area contributed by atoms with Crippen LogP contribution in [-0.2, 0) is 16.1 Å². The third-order valence-electron chi connectivity index (χ3n) is 2.91. The van der Waals surface area contributed by atoms with Crippen molar-refractivity contribution in [2.24, 2.45) is 0 Å². The Morgan fingerprint density at radius 3 is 2.90 bits per heavy atom. The van der Waals surface area contributed by atoms with E-state index in [1.165, 1.54) is 7.11 Å². The van der Waals surface area contributed by atoms with Crippen LogP contribution in [0.1, 0.15) is 11.8 Å². The molecule has 6 heteroatoms. The molecule has 1 heterocycles. The average molecular weight is 306 g/mol. The minimum absolute atomic E-state index is 0.240. The largest absolute Gasteiger partial charge is 0.495 e. The van der Waals surface area contributed by atoms with Gasteiger partial charge in [-0.1, -0.05) is 6.07 Å². The van der Waals surface area contributed by atoms with Crippen LogP contribution in [0, 0.1) is 0 Å². The Labute approximate surface area is 127 Å². The molecule has 1 aromatic carbocycles. The summed E-state index contributed by atoms with van der Waals surface area (Å²) in [5, 5.41) is 4.74. The Morgan fingerprint density at radius 1 is 1.43 bits per heavy atom. The van der Waals surface area contributed by atoms with Crippen molar-refractivity contribution in [2.75, 3.05) is 18.2 Å². The van der Waals surface area contributed by atoms with Crippen LogP contribution in [0.5, 0.6) is 5.75 Å². The van der Waals surface area contributed by atoms with Gasteiger partial charge in [-0.15, -0.1) is 11.3 Å². The molecule has 0 saturated carbocycles. The van der Waals surface area contributed by atoms with Gasteiger partial charge in [0.1, 0.15) is 11.9 Å². The lowest BCUT2D eigenvalue weighted by Gasteiger charge is -2.15. The number of nitrogen functional groups attached to an aromatic ring is 1. The smallest absolute Gasteiger partial charge is 0.253 e. The number of anilines is 2. The second-order valence-corrected chi connectivity index (χ2v) is 5.51. The van der Waals surface area contributed by atoms with Crippen molar-refractivity contribution in [3.63, 3.8) is 0 Å². The number of rotatable bonds is 6. The van der Waals surface area contributed by atoms with Crippen LogP contribution in [0.15, 0.2) is 35.7 Å². The van der Waals surface area contributed by atoms with Crippen molar-refractivity contribution in [3.05, 3.63) is 40.6 Å². The highest BCUT2D eigenvalue weighted by Gasteiger charge is 2.16. The van der Waals surface area contributed by atoms with Gasteiger partial charge in [-0.2, -0.15) is 0 Å². The highest BCUT2D eigenvalue weighted by Crippen LogP contribution is 2.26. The number of benzene rings is 1. The maximum Gasteiger partial charge on any atom is 0.253 e. The summed E-state index contributed by atoms with van der Waals surface area (Å²) < 4.78 is 10.7. The standard InChI is InChI=1S/C15H18N2O3S/c1-10(20-9-12-4-3-7-21-12)15(18)17-13-8-11(16)5-6-14(13)19-2/h3-8,10H,9,16H2,1-2H3,(H,17,18). The zero-order valence-electron chi connectivity index (χ0n) is 12.0. The van der Waals surface area contributed by atoms with Crippen LogP contribution in [-0.4, -0.2) is 19.1 Å². The van der Waals surface area contributed by atoms with E-state index in [0.29, 0.717) is 23.7 Å². The minimum Gasteiger partial charge on any atom is -0.495 e. The molecule has 0 saturated heterocycles. The van der Waals surface area contributed by atoms with Gasteiger partial charge in [-0.3, -0.25) is 4.79 Å². The summed E-state index contributed by atoms with van der Waals surface area (Å²) in [7, 11) is 1.54. The predicted octanol–water partition coefficient (Wildman–Crippen LogP) is 2.88. The van der Waals surface area contributed by atoms with Crippen LogP contribution in [0.4, 0.5) is 11.4 Å². The molecular weight excluding hydrogens is 288 g/mol. The third-order valence-corrected chi connectivity index (χ3v) is 3.76. The summed E-state index contributed by atoms with van der Waals surface area (Å²) in [6, 6.07) is 9.00. The monoisotopic (exact) mass is 306 g/mol. The highest BCUT2D eigenvalue weighted by molar-refractivity contribution is 7.09. The SMILES string of the molecule is COc1ccc(N)cc1NC(=O)C(C)OCc1cccs1. The van der Waals surface area contributed by atoms with E-state index in [2.05, 4.69) is 5.32 Å². The van der Waals surface area contributed by atoms with E-state index >= 15 is 0 Å². The van der Waals surface area contributed by atoms with E-state index in [1.54, 1.807) is 36.5 Å². The summed E-state index contributed by atoms with van der Waals surface area (Å²) in [5.74, 6) is 0.318. The number of amides is 1. The third kappa shape index (κ3) is 4.21. The summed E-state index contributed by atoms with van der Waals surface area (Å²) in [6.45, 7) is 2.13. The van der Waals surface area contributed by atoms with E-state index in [9.17, 15) is 4.79 Å². The molecule has 21 heavy (non-hydrogen) atoms. The molecule has 1 atom stereocenters. The van der Waals surface area contributed by atoms with Gasteiger partial charge in [0.05, 0.1) is 19.4 Å². The quantitative estimate of drug-likeness (QED) is 0.805. The van der Waals surface area contributed by atoms with Crippen LogP contribution < -0.4 is 15.8 Å². The summed E-state index contributed by atoms with van der Waals surface area (Å²) in [5.41, 5.74) is 6.81. The molecule has 0 bridgehead atoms. The number of nitrogens with two attached hydrogens (primary N) is 1. The van der Waals surface area contributed by atoms with E-state index in [4.69, 9.17) is 15.2 Å². The highest BCUT2D eigenvalue weighted by atomic mass is 32.1. The molecule has 1 amide bonds. The normalized spacial score (nSPS) is 11.9. The number of hydrogen-bond acceptors (Lipinski definition) is 5. The maximum absolute atomic E-state index is 12.1. The minimum atomic E-state index is -0.571. The van der Waals surface area contributed by atoms with Crippen molar-refractivity contribution in [1.29, 1.82) is 0 Å². The first-order valence-electron chi connectivity index (χ1n) is 6.48. The molecule has 0 spiro atoms. The predicted molar refractivity (Wildman–Crippen MR) is 84.6 cm³/mol. The topological polar surface area (TPSA) is 73.6 Å². The van der Waals surface area contributed by atoms with Gasteiger partial charge in [0.15, 0.2) is 0 Å². The number of nitrogens with one attached hydrogen (secondary N) is 1. The molecule has 0 radical (unpaired) electrons. The number of hydrogen-bond donors (Lipinski definition) is 2. The Hall–Kier alpha value is -2.05. The van der Waals surface area contributed by atoms with Crippen LogP contribution in [0.25, 0.3) is 0 Å². The molecular formula is C15H18N2O3S. The van der Waals surface area contributed by atoms with Gasteiger partial charge in [-0.25, -0.2) is 0 Å². The van der Waals surface area contributed by atoms with Crippen molar-refractivity contribution in [2.45, 2.75) is 19.6 Å². The van der Waals surface area contributed by atoms with E-state index < -0.39 is 6.10 Å². The zero-order chi connectivity index (χ0) is 15.2. The number of thiophene rings is 1. The molecule has 0 aliphatic heterocycles. The first-order chi connectivity index (χ1) is 10.1. The lowest BCUT2D eigenvalue weighted by Crippen LogP contribution is -2.27. The fraction of sp³-hybridized carbons (Fsp3) is 0.267. The first kappa shape index (κ1) is 15.3. The molecule has 5 nitrogen and oxygen atoms in total. The average Bonchev–Trinajstić information content (AvgIpc) is 2.98. The Kier molecular flexibility index (Phi) is 5.19. The zero-order valence-corrected chi connectivity index (χ0v) is 12.8.